The number of anilines is 1. The van der Waals surface area contributed by atoms with Crippen LogP contribution >= 0.6 is 11.8 Å². The highest BCUT2D eigenvalue weighted by Crippen LogP contribution is 2.31. The molecular formula is C13H14N2O2S. The molecule has 2 rings (SSSR count). The van der Waals surface area contributed by atoms with Crippen LogP contribution in [-0.4, -0.2) is 32.4 Å². The van der Waals surface area contributed by atoms with Gasteiger partial charge in [0.2, 0.25) is 0 Å². The van der Waals surface area contributed by atoms with E-state index in [-0.39, 0.29) is 19.1 Å². The molecule has 0 aliphatic carbocycles. The molecule has 1 aromatic rings. The highest BCUT2D eigenvalue weighted by molar-refractivity contribution is 7.98. The van der Waals surface area contributed by atoms with Crippen LogP contribution in [0, 0.1) is 16.7 Å². The molecule has 1 aliphatic rings. The zero-order valence-corrected chi connectivity index (χ0v) is 11.2. The lowest BCUT2D eigenvalue weighted by molar-refractivity contribution is -0.146. The molecule has 0 saturated carbocycles. The van der Waals surface area contributed by atoms with Crippen LogP contribution in [0.2, 0.25) is 0 Å². The van der Waals surface area contributed by atoms with E-state index in [1.807, 2.05) is 30.5 Å². The van der Waals surface area contributed by atoms with Crippen LogP contribution in [-0.2, 0) is 9.53 Å². The maximum Gasteiger partial charge on any atom is 0.252 e. The zero-order valence-electron chi connectivity index (χ0n) is 10.3. The van der Waals surface area contributed by atoms with E-state index in [1.54, 1.807) is 18.8 Å². The Labute approximate surface area is 111 Å². The first-order valence-corrected chi connectivity index (χ1v) is 6.77. The van der Waals surface area contributed by atoms with Crippen molar-refractivity contribution in [3.8, 4) is 6.07 Å². The van der Waals surface area contributed by atoms with Gasteiger partial charge in [-0.05, 0) is 30.5 Å². The zero-order chi connectivity index (χ0) is 13.2. The summed E-state index contributed by atoms with van der Waals surface area (Å²) in [7, 11) is 1.69. The number of thioether (sulfide) groups is 1. The summed E-state index contributed by atoms with van der Waals surface area (Å²) >= 11 is 1.65. The number of ether oxygens (including phenoxy) is 1. The molecule has 1 aliphatic heterocycles. The minimum absolute atomic E-state index is 0.190. The summed E-state index contributed by atoms with van der Waals surface area (Å²) in [5, 5.41) is 9.10. The van der Waals surface area contributed by atoms with E-state index >= 15 is 0 Å². The average Bonchev–Trinajstić information content (AvgIpc) is 2.37. The largest absolute Gasteiger partial charge is 0.377 e. The summed E-state index contributed by atoms with van der Waals surface area (Å²) in [6.45, 7) is 0.380. The molecule has 5 heteroatoms. The van der Waals surface area contributed by atoms with Crippen molar-refractivity contribution in [1.29, 1.82) is 5.26 Å². The molecule has 1 amide bonds. The van der Waals surface area contributed by atoms with Gasteiger partial charge in [-0.15, -0.1) is 11.8 Å². The second-order valence-electron chi connectivity index (χ2n) is 4.25. The van der Waals surface area contributed by atoms with Crippen LogP contribution in [0.4, 0.5) is 5.69 Å². The van der Waals surface area contributed by atoms with Gasteiger partial charge in [0.1, 0.15) is 0 Å². The molecule has 4 nitrogen and oxygen atoms in total. The molecule has 0 bridgehead atoms. The normalized spacial score (nSPS) is 16.5. The van der Waals surface area contributed by atoms with Gasteiger partial charge in [0.15, 0.2) is 5.41 Å². The Hall–Kier alpha value is -1.51. The first-order valence-electron chi connectivity index (χ1n) is 5.54. The van der Waals surface area contributed by atoms with Crippen molar-refractivity contribution in [3.63, 3.8) is 0 Å². The lowest BCUT2D eigenvalue weighted by Gasteiger charge is -2.36. The molecule has 0 unspecified atom stereocenters. The Morgan fingerprint density at radius 2 is 2.06 bits per heavy atom. The summed E-state index contributed by atoms with van der Waals surface area (Å²) in [5.41, 5.74) is -0.202. The molecule has 0 aromatic heterocycles. The van der Waals surface area contributed by atoms with Gasteiger partial charge in [-0.3, -0.25) is 4.79 Å². The second kappa shape index (κ2) is 5.01. The molecule has 0 N–H and O–H groups in total. The van der Waals surface area contributed by atoms with Crippen molar-refractivity contribution in [2.75, 3.05) is 31.4 Å². The molecule has 1 fully saturated rings. The SMILES string of the molecule is CSc1ccc(N(C)C(=O)C2(C#N)COC2)cc1. The van der Waals surface area contributed by atoms with Crippen LogP contribution in [0.3, 0.4) is 0 Å². The van der Waals surface area contributed by atoms with Crippen molar-refractivity contribution < 1.29 is 9.53 Å². The van der Waals surface area contributed by atoms with Crippen molar-refractivity contribution in [2.24, 2.45) is 5.41 Å². The lowest BCUT2D eigenvalue weighted by atomic mass is 9.86. The van der Waals surface area contributed by atoms with E-state index < -0.39 is 5.41 Å². The highest BCUT2D eigenvalue weighted by Gasteiger charge is 2.48. The van der Waals surface area contributed by atoms with Crippen LogP contribution in [0.25, 0.3) is 0 Å². The minimum Gasteiger partial charge on any atom is -0.377 e. The van der Waals surface area contributed by atoms with E-state index in [1.165, 1.54) is 4.90 Å². The van der Waals surface area contributed by atoms with E-state index in [0.717, 1.165) is 10.6 Å². The van der Waals surface area contributed by atoms with Gasteiger partial charge in [0, 0.05) is 17.6 Å². The predicted octanol–water partition coefficient (Wildman–Crippen LogP) is 1.91. The van der Waals surface area contributed by atoms with E-state index in [2.05, 4.69) is 6.07 Å². The van der Waals surface area contributed by atoms with Gasteiger partial charge < -0.3 is 9.64 Å². The molecule has 1 aromatic carbocycles. The number of hydrogen-bond acceptors (Lipinski definition) is 4. The monoisotopic (exact) mass is 262 g/mol. The first kappa shape index (κ1) is 12.9. The van der Waals surface area contributed by atoms with Gasteiger partial charge in [-0.1, -0.05) is 0 Å². The Bertz CT molecular complexity index is 489. The van der Waals surface area contributed by atoms with Crippen LogP contribution in [0.5, 0.6) is 0 Å². The van der Waals surface area contributed by atoms with Crippen molar-refractivity contribution >= 4 is 23.4 Å². The molecule has 94 valence electrons. The third-order valence-corrected chi connectivity index (χ3v) is 3.83. The van der Waals surface area contributed by atoms with Gasteiger partial charge in [0.05, 0.1) is 19.3 Å². The quantitative estimate of drug-likeness (QED) is 0.781. The van der Waals surface area contributed by atoms with E-state index in [9.17, 15) is 4.79 Å². The number of nitriles is 1. The molecule has 1 heterocycles. The summed E-state index contributed by atoms with van der Waals surface area (Å²) in [6.07, 6.45) is 2.00. The van der Waals surface area contributed by atoms with Crippen LogP contribution in [0.1, 0.15) is 0 Å². The number of carbonyl (C=O) groups is 1. The molecule has 0 radical (unpaired) electrons. The Kier molecular flexibility index (Phi) is 3.60. The van der Waals surface area contributed by atoms with Gasteiger partial charge in [-0.25, -0.2) is 0 Å². The number of amides is 1. The summed E-state index contributed by atoms with van der Waals surface area (Å²) in [5.74, 6) is -0.201. The number of hydrogen-bond donors (Lipinski definition) is 0. The summed E-state index contributed by atoms with van der Waals surface area (Å²) in [4.78, 5) is 14.9. The lowest BCUT2D eigenvalue weighted by Crippen LogP contribution is -2.53. The standard InChI is InChI=1S/C13H14N2O2S/c1-15(10-3-5-11(18-2)6-4-10)12(16)13(7-14)8-17-9-13/h3-6H,8-9H2,1-2H3. The predicted molar refractivity (Wildman–Crippen MR) is 70.5 cm³/mol. The third-order valence-electron chi connectivity index (χ3n) is 3.08. The molecule has 18 heavy (non-hydrogen) atoms. The third kappa shape index (κ3) is 2.09. The fraction of sp³-hybridized carbons (Fsp3) is 0.385. The van der Waals surface area contributed by atoms with Crippen LogP contribution in [0.15, 0.2) is 29.2 Å². The molecule has 0 atom stereocenters. The van der Waals surface area contributed by atoms with Gasteiger partial charge >= 0.3 is 0 Å². The minimum atomic E-state index is -0.993. The number of nitrogens with zero attached hydrogens (tertiary/aromatic N) is 2. The maximum absolute atomic E-state index is 12.3. The van der Waals surface area contributed by atoms with Crippen molar-refractivity contribution in [1.82, 2.24) is 0 Å². The first-order chi connectivity index (χ1) is 8.63. The summed E-state index contributed by atoms with van der Waals surface area (Å²) < 4.78 is 5.00. The highest BCUT2D eigenvalue weighted by atomic mass is 32.2. The fourth-order valence-corrected chi connectivity index (χ4v) is 2.19. The van der Waals surface area contributed by atoms with E-state index in [0.29, 0.717) is 0 Å². The van der Waals surface area contributed by atoms with Crippen molar-refractivity contribution in [3.05, 3.63) is 24.3 Å². The molecule has 0 spiro atoms. The average molecular weight is 262 g/mol. The van der Waals surface area contributed by atoms with Gasteiger partial charge in [-0.2, -0.15) is 5.26 Å². The Morgan fingerprint density at radius 1 is 1.44 bits per heavy atom. The van der Waals surface area contributed by atoms with Gasteiger partial charge in [0.25, 0.3) is 5.91 Å². The van der Waals surface area contributed by atoms with Crippen molar-refractivity contribution in [2.45, 2.75) is 4.90 Å². The van der Waals surface area contributed by atoms with E-state index in [4.69, 9.17) is 10.00 Å². The smallest absolute Gasteiger partial charge is 0.252 e. The Balaban J connectivity index is 2.18. The number of rotatable bonds is 3. The maximum atomic E-state index is 12.3. The second-order valence-corrected chi connectivity index (χ2v) is 5.13. The topological polar surface area (TPSA) is 53.3 Å². The fourth-order valence-electron chi connectivity index (χ4n) is 1.79. The van der Waals surface area contributed by atoms with Crippen LogP contribution < -0.4 is 4.90 Å². The summed E-state index contributed by atoms with van der Waals surface area (Å²) in [6, 6.07) is 9.75. The number of benzene rings is 1. The molecule has 1 saturated heterocycles. The Morgan fingerprint density at radius 3 is 2.44 bits per heavy atom. The number of carbonyl (C=O) groups excluding carboxylic acids is 1. The molecular weight excluding hydrogens is 248 g/mol.